The molecule has 0 aromatic carbocycles. The molecule has 0 amide bonds. The fourth-order valence-corrected chi connectivity index (χ4v) is 1.41. The van der Waals surface area contributed by atoms with Gasteiger partial charge in [-0.2, -0.15) is 0 Å². The molecular formula is C8H17NO2. The Morgan fingerprint density at radius 2 is 2.36 bits per heavy atom. The van der Waals surface area contributed by atoms with Crippen LogP contribution >= 0.6 is 0 Å². The number of hydrogen-bond acceptors (Lipinski definition) is 3. The summed E-state index contributed by atoms with van der Waals surface area (Å²) in [7, 11) is 0. The van der Waals surface area contributed by atoms with Crippen molar-refractivity contribution in [3.05, 3.63) is 0 Å². The number of rotatable bonds is 3. The van der Waals surface area contributed by atoms with Crippen LogP contribution in [0.3, 0.4) is 0 Å². The van der Waals surface area contributed by atoms with Crippen molar-refractivity contribution in [3.8, 4) is 0 Å². The van der Waals surface area contributed by atoms with Crippen molar-refractivity contribution in [2.24, 2.45) is 5.73 Å². The maximum absolute atomic E-state index is 8.68. The van der Waals surface area contributed by atoms with E-state index < -0.39 is 0 Å². The molecule has 3 nitrogen and oxygen atoms in total. The van der Waals surface area contributed by atoms with Crippen LogP contribution in [0.15, 0.2) is 0 Å². The summed E-state index contributed by atoms with van der Waals surface area (Å²) in [6.45, 7) is 0.933. The van der Waals surface area contributed by atoms with Gasteiger partial charge in [0.05, 0.1) is 12.7 Å². The molecule has 1 rings (SSSR count). The number of aliphatic hydroxyl groups is 1. The molecule has 1 fully saturated rings. The van der Waals surface area contributed by atoms with E-state index in [4.69, 9.17) is 15.6 Å². The number of aliphatic hydroxyl groups excluding tert-OH is 1. The average molecular weight is 159 g/mol. The van der Waals surface area contributed by atoms with Gasteiger partial charge in [-0.1, -0.05) is 0 Å². The molecular weight excluding hydrogens is 142 g/mol. The van der Waals surface area contributed by atoms with E-state index in [-0.39, 0.29) is 12.6 Å². The van der Waals surface area contributed by atoms with Crippen LogP contribution in [0, 0.1) is 0 Å². The van der Waals surface area contributed by atoms with Gasteiger partial charge < -0.3 is 15.6 Å². The third kappa shape index (κ3) is 3.18. The Labute approximate surface area is 67.5 Å². The van der Waals surface area contributed by atoms with Gasteiger partial charge >= 0.3 is 0 Å². The molecule has 66 valence electrons. The molecule has 0 radical (unpaired) electrons. The first-order valence-corrected chi connectivity index (χ1v) is 4.31. The maximum Gasteiger partial charge on any atom is 0.0590 e. The quantitative estimate of drug-likeness (QED) is 0.621. The van der Waals surface area contributed by atoms with Crippen LogP contribution in [0.5, 0.6) is 0 Å². The van der Waals surface area contributed by atoms with Crippen LogP contribution < -0.4 is 5.73 Å². The zero-order valence-electron chi connectivity index (χ0n) is 6.83. The van der Waals surface area contributed by atoms with Gasteiger partial charge in [-0.3, -0.25) is 0 Å². The van der Waals surface area contributed by atoms with Gasteiger partial charge in [-0.25, -0.2) is 0 Å². The van der Waals surface area contributed by atoms with E-state index in [2.05, 4.69) is 0 Å². The fourth-order valence-electron chi connectivity index (χ4n) is 1.41. The highest BCUT2D eigenvalue weighted by Gasteiger charge is 2.16. The molecule has 1 aliphatic heterocycles. The summed E-state index contributed by atoms with van der Waals surface area (Å²) in [5.74, 6) is 0. The minimum atomic E-state index is -0.0990. The predicted molar refractivity (Wildman–Crippen MR) is 43.3 cm³/mol. The molecule has 0 saturated carbocycles. The highest BCUT2D eigenvalue weighted by Crippen LogP contribution is 2.16. The molecule has 1 saturated heterocycles. The highest BCUT2D eigenvalue weighted by molar-refractivity contribution is 4.70. The Morgan fingerprint density at radius 1 is 1.55 bits per heavy atom. The lowest BCUT2D eigenvalue weighted by molar-refractivity contribution is 0.00418. The van der Waals surface area contributed by atoms with Crippen molar-refractivity contribution < 1.29 is 9.84 Å². The molecule has 0 aromatic rings. The Bertz CT molecular complexity index is 102. The highest BCUT2D eigenvalue weighted by atomic mass is 16.5. The Kier molecular flexibility index (Phi) is 3.83. The van der Waals surface area contributed by atoms with Crippen LogP contribution in [0.2, 0.25) is 0 Å². The van der Waals surface area contributed by atoms with Gasteiger partial charge in [0.15, 0.2) is 0 Å². The normalized spacial score (nSPS) is 28.4. The zero-order valence-corrected chi connectivity index (χ0v) is 6.83. The largest absolute Gasteiger partial charge is 0.395 e. The summed E-state index contributed by atoms with van der Waals surface area (Å²) in [6.07, 6.45) is 4.61. The first-order valence-electron chi connectivity index (χ1n) is 4.31. The molecule has 0 aliphatic carbocycles. The maximum atomic E-state index is 8.68. The summed E-state index contributed by atoms with van der Waals surface area (Å²) in [5.41, 5.74) is 5.57. The second-order valence-electron chi connectivity index (χ2n) is 3.17. The van der Waals surface area contributed by atoms with E-state index in [1.165, 1.54) is 12.8 Å². The lowest BCUT2D eigenvalue weighted by atomic mass is 10.0. The lowest BCUT2D eigenvalue weighted by Gasteiger charge is -2.24. The molecule has 1 heterocycles. The van der Waals surface area contributed by atoms with Crippen molar-refractivity contribution >= 4 is 0 Å². The molecule has 0 aromatic heterocycles. The molecule has 1 unspecified atom stereocenters. The molecule has 3 heteroatoms. The predicted octanol–water partition coefficient (Wildman–Crippen LogP) is 0.265. The van der Waals surface area contributed by atoms with Crippen LogP contribution in [0.4, 0.5) is 0 Å². The number of ether oxygens (including phenoxy) is 1. The van der Waals surface area contributed by atoms with E-state index in [1.807, 2.05) is 0 Å². The number of hydrogen-bond donors (Lipinski definition) is 2. The molecule has 1 aliphatic rings. The minimum absolute atomic E-state index is 0.0693. The molecule has 3 N–H and O–H groups in total. The summed E-state index contributed by atoms with van der Waals surface area (Å²) < 4.78 is 5.46. The van der Waals surface area contributed by atoms with Gasteiger partial charge in [0, 0.05) is 12.6 Å². The molecule has 0 bridgehead atoms. The van der Waals surface area contributed by atoms with Gasteiger partial charge in [-0.15, -0.1) is 0 Å². The van der Waals surface area contributed by atoms with E-state index in [9.17, 15) is 0 Å². The van der Waals surface area contributed by atoms with E-state index in [0.29, 0.717) is 6.10 Å². The second kappa shape index (κ2) is 4.70. The minimum Gasteiger partial charge on any atom is -0.395 e. The van der Waals surface area contributed by atoms with Crippen molar-refractivity contribution in [1.82, 2.24) is 0 Å². The first kappa shape index (κ1) is 8.97. The Hall–Kier alpha value is -0.120. The molecule has 2 atom stereocenters. The summed E-state index contributed by atoms with van der Waals surface area (Å²) >= 11 is 0. The van der Waals surface area contributed by atoms with E-state index in [0.717, 1.165) is 19.4 Å². The van der Waals surface area contributed by atoms with Gasteiger partial charge in [0.25, 0.3) is 0 Å². The van der Waals surface area contributed by atoms with Crippen molar-refractivity contribution in [3.63, 3.8) is 0 Å². The Morgan fingerprint density at radius 3 is 2.91 bits per heavy atom. The smallest absolute Gasteiger partial charge is 0.0590 e. The van der Waals surface area contributed by atoms with Crippen molar-refractivity contribution in [1.29, 1.82) is 0 Å². The van der Waals surface area contributed by atoms with Crippen LogP contribution in [0.1, 0.15) is 25.7 Å². The lowest BCUT2D eigenvalue weighted by Crippen LogP contribution is -2.32. The van der Waals surface area contributed by atoms with Crippen LogP contribution in [0.25, 0.3) is 0 Å². The van der Waals surface area contributed by atoms with Gasteiger partial charge in [0.2, 0.25) is 0 Å². The monoisotopic (exact) mass is 159 g/mol. The topological polar surface area (TPSA) is 55.5 Å². The zero-order chi connectivity index (χ0) is 8.10. The standard InChI is InChI=1S/C8H17NO2/c9-7(6-10)5-8-3-1-2-4-11-8/h7-8,10H,1-6,9H2/t7?,8-/m1/s1. The fraction of sp³-hybridized carbons (Fsp3) is 1.00. The van der Waals surface area contributed by atoms with Crippen LogP contribution in [-0.2, 0) is 4.74 Å². The van der Waals surface area contributed by atoms with E-state index >= 15 is 0 Å². The van der Waals surface area contributed by atoms with E-state index in [1.54, 1.807) is 0 Å². The van der Waals surface area contributed by atoms with Gasteiger partial charge in [-0.05, 0) is 25.7 Å². The first-order chi connectivity index (χ1) is 5.33. The number of nitrogens with two attached hydrogens (primary N) is 1. The molecule has 0 spiro atoms. The second-order valence-corrected chi connectivity index (χ2v) is 3.17. The summed E-state index contributed by atoms with van der Waals surface area (Å²) in [4.78, 5) is 0. The van der Waals surface area contributed by atoms with Crippen LogP contribution in [-0.4, -0.2) is 30.5 Å². The Balaban J connectivity index is 2.13. The average Bonchev–Trinajstić information content (AvgIpc) is 2.06. The SMILES string of the molecule is NC(CO)C[C@H]1CCCCO1. The molecule has 11 heavy (non-hydrogen) atoms. The summed E-state index contributed by atoms with van der Waals surface area (Å²) in [6, 6.07) is -0.0990. The third-order valence-corrected chi connectivity index (χ3v) is 2.07. The van der Waals surface area contributed by atoms with Crippen molar-refractivity contribution in [2.75, 3.05) is 13.2 Å². The summed E-state index contributed by atoms with van der Waals surface area (Å²) in [5, 5.41) is 8.68. The van der Waals surface area contributed by atoms with Gasteiger partial charge in [0.1, 0.15) is 0 Å². The van der Waals surface area contributed by atoms with Crippen molar-refractivity contribution in [2.45, 2.75) is 37.8 Å². The third-order valence-electron chi connectivity index (χ3n) is 2.07.